The number of nitriles is 4. The van der Waals surface area contributed by atoms with Crippen LogP contribution >= 0.6 is 79.4 Å². The Kier molecular flexibility index (Phi) is 5.97. The van der Waals surface area contributed by atoms with Gasteiger partial charge < -0.3 is 0 Å². The van der Waals surface area contributed by atoms with Crippen LogP contribution in [0, 0.1) is 45.3 Å². The van der Waals surface area contributed by atoms with Crippen LogP contribution < -0.4 is 0 Å². The monoisotopic (exact) mass is 624 g/mol. The van der Waals surface area contributed by atoms with E-state index in [2.05, 4.69) is 24.3 Å². The van der Waals surface area contributed by atoms with E-state index in [4.69, 9.17) is 21.0 Å². The third kappa shape index (κ3) is 4.05. The molecular weight excluding hydrogens is 617 g/mol. The summed E-state index contributed by atoms with van der Waals surface area (Å²) in [5.41, 5.74) is 0.227. The Morgan fingerprint density at radius 2 is 0.872 bits per heavy atom. The average Bonchev–Trinajstić information content (AvgIpc) is 3.76. The van der Waals surface area contributed by atoms with Gasteiger partial charge >= 0.3 is 0 Å². The fraction of sp³-hybridized carbons (Fsp3) is 0. The highest BCUT2D eigenvalue weighted by molar-refractivity contribution is 7.48. The van der Waals surface area contributed by atoms with Crippen molar-refractivity contribution in [3.63, 3.8) is 0 Å². The molecule has 0 unspecified atom stereocenters. The van der Waals surface area contributed by atoms with Gasteiger partial charge in [-0.1, -0.05) is 0 Å². The summed E-state index contributed by atoms with van der Waals surface area (Å²) in [7, 11) is 0. The van der Waals surface area contributed by atoms with E-state index in [1.807, 2.05) is 70.4 Å². The van der Waals surface area contributed by atoms with E-state index in [9.17, 15) is 0 Å². The molecule has 0 fully saturated rings. The Morgan fingerprint density at radius 3 is 1.28 bits per heavy atom. The quantitative estimate of drug-likeness (QED) is 0.182. The maximum absolute atomic E-state index is 9.04. The molecule has 0 aliphatic carbocycles. The summed E-state index contributed by atoms with van der Waals surface area (Å²) >= 11 is 12.4. The predicted octanol–water partition coefficient (Wildman–Crippen LogP) is 10.9. The van der Waals surface area contributed by atoms with Crippen molar-refractivity contribution in [2.45, 2.75) is 0 Å². The molecule has 7 rings (SSSR count). The van der Waals surface area contributed by atoms with Gasteiger partial charge in [0, 0.05) is 38.7 Å². The van der Waals surface area contributed by atoms with Gasteiger partial charge in [-0.15, -0.1) is 79.4 Å². The van der Waals surface area contributed by atoms with Gasteiger partial charge in [0.05, 0.1) is 28.2 Å². The number of thiophene rings is 7. The van der Waals surface area contributed by atoms with E-state index in [-0.39, 0.29) is 11.1 Å². The second-order valence-electron chi connectivity index (χ2n) is 8.20. The summed E-state index contributed by atoms with van der Waals surface area (Å²) in [4.78, 5) is 6.50. The Morgan fingerprint density at radius 1 is 0.462 bits per heavy atom. The van der Waals surface area contributed by atoms with Gasteiger partial charge in [0.2, 0.25) is 0 Å². The van der Waals surface area contributed by atoms with Gasteiger partial charge in [-0.2, -0.15) is 21.0 Å². The topological polar surface area (TPSA) is 95.2 Å². The van der Waals surface area contributed by atoms with Gasteiger partial charge in [0.15, 0.2) is 0 Å². The summed E-state index contributed by atoms with van der Waals surface area (Å²) < 4.78 is 10.7. The molecule has 7 aromatic heterocycles. The second-order valence-corrected chi connectivity index (χ2v) is 15.7. The average molecular weight is 625 g/mol. The highest BCUT2D eigenvalue weighted by Gasteiger charge is 2.21. The van der Waals surface area contributed by atoms with Gasteiger partial charge in [0.25, 0.3) is 0 Å². The second kappa shape index (κ2) is 9.54. The summed E-state index contributed by atoms with van der Waals surface area (Å²) in [6.07, 6.45) is 3.28. The number of hydrogen-bond acceptors (Lipinski definition) is 11. The maximum atomic E-state index is 9.04. The molecule has 11 heteroatoms. The molecule has 0 bridgehead atoms. The lowest BCUT2D eigenvalue weighted by molar-refractivity contribution is 1.47. The van der Waals surface area contributed by atoms with Crippen molar-refractivity contribution in [2.24, 2.45) is 0 Å². The van der Waals surface area contributed by atoms with Crippen LogP contribution in [0.5, 0.6) is 0 Å². The maximum Gasteiger partial charge on any atom is 0.131 e. The minimum Gasteiger partial charge on any atom is -0.192 e. The molecule has 0 spiro atoms. The molecule has 4 nitrogen and oxygen atoms in total. The Hall–Kier alpha value is -3.62. The standard InChI is InChI=1S/C28H8N4S7/c29-9-13(10-30)5-15-1-3-17(33-15)19-7-21-23(35-19)25-27(37-21)28-26(39-25)24-22(38-28)8-20(36-24)18-4-2-16(34-18)6-14(11-31)12-32/h1-8H. The molecule has 0 radical (unpaired) electrons. The fourth-order valence-corrected chi connectivity index (χ4v) is 13.5. The highest BCUT2D eigenvalue weighted by atomic mass is 32.1. The number of allylic oxidation sites excluding steroid dienone is 2. The Labute approximate surface area is 249 Å². The molecule has 0 aliphatic heterocycles. The van der Waals surface area contributed by atoms with E-state index in [1.54, 1.807) is 57.5 Å². The van der Waals surface area contributed by atoms with E-state index in [0.29, 0.717) is 0 Å². The van der Waals surface area contributed by atoms with E-state index >= 15 is 0 Å². The normalized spacial score (nSPS) is 11.0. The van der Waals surface area contributed by atoms with E-state index in [1.165, 1.54) is 47.4 Å². The summed E-state index contributed by atoms with van der Waals surface area (Å²) in [5, 5.41) is 36.2. The first kappa shape index (κ1) is 24.4. The van der Waals surface area contributed by atoms with Crippen molar-refractivity contribution in [1.82, 2.24) is 0 Å². The van der Waals surface area contributed by atoms with Crippen LogP contribution in [0.3, 0.4) is 0 Å². The number of nitrogens with zero attached hydrogens (tertiary/aromatic N) is 4. The van der Waals surface area contributed by atoms with Crippen molar-refractivity contribution in [2.75, 3.05) is 0 Å². The van der Waals surface area contributed by atoms with Crippen LogP contribution in [0.25, 0.3) is 69.3 Å². The smallest absolute Gasteiger partial charge is 0.131 e. The number of hydrogen-bond donors (Lipinski definition) is 0. The van der Waals surface area contributed by atoms with Crippen LogP contribution in [-0.2, 0) is 0 Å². The molecule has 0 saturated heterocycles. The predicted molar refractivity (Wildman–Crippen MR) is 171 cm³/mol. The van der Waals surface area contributed by atoms with E-state index < -0.39 is 0 Å². The fourth-order valence-electron chi connectivity index (χ4n) is 4.15. The zero-order valence-corrected chi connectivity index (χ0v) is 25.0. The van der Waals surface area contributed by atoms with E-state index in [0.717, 1.165) is 19.5 Å². The number of rotatable bonds is 4. The van der Waals surface area contributed by atoms with Gasteiger partial charge in [-0.25, -0.2) is 0 Å². The molecule has 7 aromatic rings. The highest BCUT2D eigenvalue weighted by Crippen LogP contribution is 2.55. The lowest BCUT2D eigenvalue weighted by Gasteiger charge is -1.89. The van der Waals surface area contributed by atoms with Crippen LogP contribution in [-0.4, -0.2) is 0 Å². The minimum atomic E-state index is 0.113. The van der Waals surface area contributed by atoms with Crippen molar-refractivity contribution < 1.29 is 0 Å². The van der Waals surface area contributed by atoms with Crippen molar-refractivity contribution in [1.29, 1.82) is 21.0 Å². The molecule has 0 atom stereocenters. The largest absolute Gasteiger partial charge is 0.192 e. The van der Waals surface area contributed by atoms with Crippen LogP contribution in [0.15, 0.2) is 47.5 Å². The first-order chi connectivity index (χ1) is 19.1. The first-order valence-electron chi connectivity index (χ1n) is 11.1. The summed E-state index contributed by atoms with van der Waals surface area (Å²) in [6.45, 7) is 0. The van der Waals surface area contributed by atoms with Crippen LogP contribution in [0.1, 0.15) is 9.75 Å². The van der Waals surface area contributed by atoms with Crippen molar-refractivity contribution in [3.05, 3.63) is 57.3 Å². The molecule has 0 aliphatic rings. The molecule has 182 valence electrons. The molecule has 7 heterocycles. The molecule has 0 N–H and O–H groups in total. The Balaban J connectivity index is 1.26. The van der Waals surface area contributed by atoms with Crippen LogP contribution in [0.2, 0.25) is 0 Å². The third-order valence-electron chi connectivity index (χ3n) is 5.85. The summed E-state index contributed by atoms with van der Waals surface area (Å²) in [6, 6.07) is 20.3. The lowest BCUT2D eigenvalue weighted by atomic mass is 10.3. The molecule has 0 aromatic carbocycles. The van der Waals surface area contributed by atoms with Crippen molar-refractivity contribution >= 4 is 129 Å². The van der Waals surface area contributed by atoms with Crippen LogP contribution in [0.4, 0.5) is 0 Å². The minimum absolute atomic E-state index is 0.113. The van der Waals surface area contributed by atoms with Gasteiger partial charge in [0.1, 0.15) is 35.4 Å². The zero-order valence-electron chi connectivity index (χ0n) is 19.3. The molecule has 39 heavy (non-hydrogen) atoms. The molecular formula is C28H8N4S7. The summed E-state index contributed by atoms with van der Waals surface area (Å²) in [5.74, 6) is 0. The number of fused-ring (bicyclic) bond motifs is 7. The first-order valence-corrected chi connectivity index (χ1v) is 16.8. The molecule has 0 amide bonds. The van der Waals surface area contributed by atoms with Gasteiger partial charge in [-0.05, 0) is 48.6 Å². The Bertz CT molecular complexity index is 2150. The zero-order chi connectivity index (χ0) is 26.7. The van der Waals surface area contributed by atoms with Crippen molar-refractivity contribution in [3.8, 4) is 43.8 Å². The van der Waals surface area contributed by atoms with Gasteiger partial charge in [-0.3, -0.25) is 0 Å². The third-order valence-corrected chi connectivity index (χ3v) is 15.0. The SMILES string of the molecule is N#CC(C#N)=Cc1ccc(-c2cc3sc4c(sc5c6sc(-c7ccc(C=C(C#N)C#N)s7)cc6sc54)c3s2)s1. The lowest BCUT2D eigenvalue weighted by Crippen LogP contribution is -1.68. The molecule has 0 saturated carbocycles.